The van der Waals surface area contributed by atoms with E-state index in [2.05, 4.69) is 28.2 Å². The van der Waals surface area contributed by atoms with E-state index in [1.54, 1.807) is 29.5 Å². The molecule has 0 spiro atoms. The maximum absolute atomic E-state index is 12.4. The number of fused-ring (bicyclic) bond motifs is 2. The molecule has 1 saturated heterocycles. The van der Waals surface area contributed by atoms with Crippen LogP contribution in [0.2, 0.25) is 5.02 Å². The van der Waals surface area contributed by atoms with Gasteiger partial charge in [0.15, 0.2) is 5.82 Å². The third-order valence-electron chi connectivity index (χ3n) is 5.41. The molecule has 2 atom stereocenters. The molecule has 0 radical (unpaired) electrons. The topological polar surface area (TPSA) is 63.1 Å². The fraction of sp³-hybridized carbons (Fsp3) is 0.286. The smallest absolute Gasteiger partial charge is 0.258 e. The first-order valence-corrected chi connectivity index (χ1v) is 10.7. The number of aromatic nitrogens is 3. The lowest BCUT2D eigenvalue weighted by molar-refractivity contribution is -0.920. The lowest BCUT2D eigenvalue weighted by Gasteiger charge is -2.28. The summed E-state index contributed by atoms with van der Waals surface area (Å²) in [6.45, 7) is 2.80. The molecule has 5 nitrogen and oxygen atoms in total. The highest BCUT2D eigenvalue weighted by atomic mass is 35.5. The quantitative estimate of drug-likeness (QED) is 0.544. The number of nitrogens with zero attached hydrogens (tertiary/aromatic N) is 2. The molecular formula is C21H20ClN4OS+. The van der Waals surface area contributed by atoms with Crippen molar-refractivity contribution < 1.29 is 4.90 Å². The average Bonchev–Trinajstić information content (AvgIpc) is 3.12. The number of H-pyrrole nitrogens is 1. The zero-order chi connectivity index (χ0) is 19.1. The molecule has 1 fully saturated rings. The van der Waals surface area contributed by atoms with Crippen LogP contribution in [0.25, 0.3) is 21.1 Å². The van der Waals surface area contributed by atoms with Gasteiger partial charge in [0.25, 0.3) is 5.56 Å². The summed E-state index contributed by atoms with van der Waals surface area (Å²) in [6.07, 6.45) is 2.32. The van der Waals surface area contributed by atoms with Crippen LogP contribution in [0.1, 0.15) is 29.6 Å². The lowest BCUT2D eigenvalue weighted by Crippen LogP contribution is -3.12. The second-order valence-corrected chi connectivity index (χ2v) is 8.91. The fourth-order valence-electron chi connectivity index (χ4n) is 4.07. The first kappa shape index (κ1) is 17.8. The highest BCUT2D eigenvalue weighted by molar-refractivity contribution is 7.18. The molecule has 0 bridgehead atoms. The molecule has 5 rings (SSSR count). The molecule has 2 aromatic heterocycles. The van der Waals surface area contributed by atoms with E-state index in [4.69, 9.17) is 16.6 Å². The van der Waals surface area contributed by atoms with Crippen molar-refractivity contribution >= 4 is 44.1 Å². The van der Waals surface area contributed by atoms with Crippen LogP contribution in [0, 0.1) is 0 Å². The summed E-state index contributed by atoms with van der Waals surface area (Å²) in [4.78, 5) is 26.3. The Bertz CT molecular complexity index is 1180. The van der Waals surface area contributed by atoms with Gasteiger partial charge in [-0.2, -0.15) is 0 Å². The van der Waals surface area contributed by atoms with E-state index in [1.807, 2.05) is 6.07 Å². The van der Waals surface area contributed by atoms with Crippen LogP contribution in [0.15, 0.2) is 47.3 Å². The summed E-state index contributed by atoms with van der Waals surface area (Å²) >= 11 is 7.88. The Morgan fingerprint density at radius 1 is 1.18 bits per heavy atom. The minimum absolute atomic E-state index is 0.101. The van der Waals surface area contributed by atoms with Gasteiger partial charge in [0.2, 0.25) is 0 Å². The van der Waals surface area contributed by atoms with Crippen molar-refractivity contribution in [3.8, 4) is 0 Å². The van der Waals surface area contributed by atoms with Crippen molar-refractivity contribution in [1.29, 1.82) is 0 Å². The van der Waals surface area contributed by atoms with Crippen LogP contribution in [-0.4, -0.2) is 28.0 Å². The predicted octanol–water partition coefficient (Wildman–Crippen LogP) is 3.15. The van der Waals surface area contributed by atoms with E-state index < -0.39 is 0 Å². The number of thiazole rings is 1. The number of piperidine rings is 1. The molecule has 3 heterocycles. The van der Waals surface area contributed by atoms with Gasteiger partial charge in [-0.15, -0.1) is 11.3 Å². The van der Waals surface area contributed by atoms with Gasteiger partial charge in [-0.3, -0.25) is 4.79 Å². The van der Waals surface area contributed by atoms with Crippen LogP contribution >= 0.6 is 22.9 Å². The van der Waals surface area contributed by atoms with Gasteiger partial charge >= 0.3 is 0 Å². The first-order valence-electron chi connectivity index (χ1n) is 9.53. The number of hydrogen-bond acceptors (Lipinski definition) is 4. The van der Waals surface area contributed by atoms with Crippen LogP contribution in [0.3, 0.4) is 0 Å². The van der Waals surface area contributed by atoms with Gasteiger partial charge in [0, 0.05) is 5.02 Å². The van der Waals surface area contributed by atoms with Crippen molar-refractivity contribution in [3.05, 3.63) is 68.7 Å². The number of benzene rings is 2. The van der Waals surface area contributed by atoms with Gasteiger partial charge < -0.3 is 9.88 Å². The second-order valence-electron chi connectivity index (χ2n) is 7.41. The number of para-hydroxylation sites is 1. The van der Waals surface area contributed by atoms with Crippen LogP contribution in [0.4, 0.5) is 0 Å². The van der Waals surface area contributed by atoms with Crippen molar-refractivity contribution in [1.82, 2.24) is 15.0 Å². The summed E-state index contributed by atoms with van der Waals surface area (Å²) in [7, 11) is 0. The molecule has 0 aliphatic carbocycles. The summed E-state index contributed by atoms with van der Waals surface area (Å²) in [5, 5.41) is 2.40. The first-order chi connectivity index (χ1) is 13.7. The lowest BCUT2D eigenvalue weighted by atomic mass is 9.99. The zero-order valence-corrected chi connectivity index (χ0v) is 16.8. The van der Waals surface area contributed by atoms with Gasteiger partial charge in [-0.1, -0.05) is 23.7 Å². The number of hydrogen-bond donors (Lipinski definition) is 2. The third-order valence-corrected chi connectivity index (χ3v) is 6.85. The molecule has 1 aliphatic rings. The molecule has 0 amide bonds. The maximum Gasteiger partial charge on any atom is 0.258 e. The number of halogens is 1. The third kappa shape index (κ3) is 3.43. The van der Waals surface area contributed by atoms with Crippen LogP contribution < -0.4 is 10.5 Å². The molecule has 28 heavy (non-hydrogen) atoms. The Morgan fingerprint density at radius 2 is 2.07 bits per heavy atom. The molecule has 142 valence electrons. The van der Waals surface area contributed by atoms with Gasteiger partial charge in [0.05, 0.1) is 40.1 Å². The summed E-state index contributed by atoms with van der Waals surface area (Å²) in [6, 6.07) is 13.5. The average molecular weight is 412 g/mol. The molecule has 4 aromatic rings. The van der Waals surface area contributed by atoms with Gasteiger partial charge in [-0.25, -0.2) is 9.97 Å². The fourth-order valence-corrected chi connectivity index (χ4v) is 5.34. The number of rotatable bonds is 3. The van der Waals surface area contributed by atoms with E-state index in [1.165, 1.54) is 21.0 Å². The molecule has 1 aliphatic heterocycles. The minimum atomic E-state index is -0.101. The van der Waals surface area contributed by atoms with Crippen molar-refractivity contribution in [2.24, 2.45) is 0 Å². The Hall–Kier alpha value is -2.28. The maximum atomic E-state index is 12.4. The Balaban J connectivity index is 1.38. The van der Waals surface area contributed by atoms with E-state index >= 15 is 0 Å². The van der Waals surface area contributed by atoms with Gasteiger partial charge in [0.1, 0.15) is 11.6 Å². The van der Waals surface area contributed by atoms with E-state index in [9.17, 15) is 4.79 Å². The van der Waals surface area contributed by atoms with Crippen molar-refractivity contribution in [2.45, 2.75) is 25.3 Å². The molecular weight excluding hydrogens is 392 g/mol. The highest BCUT2D eigenvalue weighted by Gasteiger charge is 2.27. The normalized spacial score (nSPS) is 20.0. The van der Waals surface area contributed by atoms with Crippen molar-refractivity contribution in [3.63, 3.8) is 0 Å². The molecule has 7 heteroatoms. The number of quaternary nitrogens is 1. The largest absolute Gasteiger partial charge is 0.328 e. The van der Waals surface area contributed by atoms with Crippen molar-refractivity contribution in [2.75, 3.05) is 13.1 Å². The summed E-state index contributed by atoms with van der Waals surface area (Å²) in [5.74, 6) is 1.18. The highest BCUT2D eigenvalue weighted by Crippen LogP contribution is 2.30. The van der Waals surface area contributed by atoms with E-state index in [0.717, 1.165) is 30.9 Å². The van der Waals surface area contributed by atoms with Crippen LogP contribution in [-0.2, 0) is 6.54 Å². The van der Waals surface area contributed by atoms with Crippen LogP contribution in [0.5, 0.6) is 0 Å². The predicted molar refractivity (Wildman–Crippen MR) is 113 cm³/mol. The molecule has 1 unspecified atom stereocenters. The Labute approximate surface area is 171 Å². The zero-order valence-electron chi connectivity index (χ0n) is 15.2. The minimum Gasteiger partial charge on any atom is -0.328 e. The molecule has 2 aromatic carbocycles. The van der Waals surface area contributed by atoms with Gasteiger partial charge in [-0.05, 0) is 43.2 Å². The Morgan fingerprint density at radius 3 is 2.96 bits per heavy atom. The van der Waals surface area contributed by atoms with E-state index in [0.29, 0.717) is 28.4 Å². The number of aromatic amines is 1. The summed E-state index contributed by atoms with van der Waals surface area (Å²) in [5.41, 5.74) is 1.65. The molecule has 2 N–H and O–H groups in total. The monoisotopic (exact) mass is 411 g/mol. The number of likely N-dealkylation sites (tertiary alicyclic amines) is 1. The SMILES string of the molecule is O=c1[nH]c(C[NH+]2CCC[C@H](c3nc4ccccc4s3)C2)nc2cc(Cl)ccc12. The molecule has 0 saturated carbocycles. The van der Waals surface area contributed by atoms with E-state index in [-0.39, 0.29) is 5.56 Å². The standard InChI is InChI=1S/C21H19ClN4OS/c22-14-7-8-15-17(10-14)23-19(25-20(15)27)12-26-9-3-4-13(11-26)21-24-16-5-1-2-6-18(16)28-21/h1-2,5-8,10,13H,3-4,9,11-12H2,(H,23,25,27)/p+1/t13-/m0/s1. The second kappa shape index (κ2) is 7.28. The Kier molecular flexibility index (Phi) is 4.62. The summed E-state index contributed by atoms with van der Waals surface area (Å²) < 4.78 is 1.25. The number of nitrogens with one attached hydrogen (secondary N) is 2.